The number of rotatable bonds is 2. The molecule has 0 saturated carbocycles. The molecule has 0 aliphatic rings. The van der Waals surface area contributed by atoms with Gasteiger partial charge in [0.15, 0.2) is 17.3 Å². The predicted octanol–water partition coefficient (Wildman–Crippen LogP) is 0.0446. The summed E-state index contributed by atoms with van der Waals surface area (Å²) in [5.74, 6) is 0.109. The maximum Gasteiger partial charge on any atom is 0.279 e. The first-order chi connectivity index (χ1) is 7.66. The van der Waals surface area contributed by atoms with Crippen LogP contribution in [0.3, 0.4) is 0 Å². The van der Waals surface area contributed by atoms with Crippen molar-refractivity contribution >= 4 is 17.5 Å². The maximum absolute atomic E-state index is 11.7. The Morgan fingerprint density at radius 1 is 1.44 bits per heavy atom. The van der Waals surface area contributed by atoms with Crippen molar-refractivity contribution in [2.45, 2.75) is 0 Å². The second-order valence-electron chi connectivity index (χ2n) is 3.12. The van der Waals surface area contributed by atoms with Crippen molar-refractivity contribution in [3.63, 3.8) is 0 Å². The molecule has 1 amide bonds. The third kappa shape index (κ3) is 1.97. The lowest BCUT2D eigenvalue weighted by Crippen LogP contribution is -2.17. The van der Waals surface area contributed by atoms with E-state index in [2.05, 4.69) is 20.4 Å². The molecule has 0 atom stereocenters. The van der Waals surface area contributed by atoms with Gasteiger partial charge >= 0.3 is 0 Å². The second kappa shape index (κ2) is 3.97. The van der Waals surface area contributed by atoms with Gasteiger partial charge in [0.05, 0.1) is 0 Å². The van der Waals surface area contributed by atoms with Crippen LogP contribution in [0.2, 0.25) is 0 Å². The van der Waals surface area contributed by atoms with Crippen molar-refractivity contribution in [3.8, 4) is 0 Å². The number of nitrogens with two attached hydrogens (primary N) is 1. The molecular weight excluding hydrogens is 208 g/mol. The fourth-order valence-electron chi connectivity index (χ4n) is 1.18. The summed E-state index contributed by atoms with van der Waals surface area (Å²) in [6.07, 6.45) is 4.55. The lowest BCUT2D eigenvalue weighted by molar-refractivity contribution is 0.102. The molecule has 0 bridgehead atoms. The van der Waals surface area contributed by atoms with Crippen LogP contribution in [-0.4, -0.2) is 25.7 Å². The summed E-state index contributed by atoms with van der Waals surface area (Å²) >= 11 is 0. The van der Waals surface area contributed by atoms with Crippen molar-refractivity contribution in [1.29, 1.82) is 0 Å². The molecule has 0 fully saturated rings. The summed E-state index contributed by atoms with van der Waals surface area (Å²) < 4.78 is 1.58. The third-order valence-electron chi connectivity index (χ3n) is 1.90. The summed E-state index contributed by atoms with van der Waals surface area (Å²) in [6, 6.07) is 1.67. The third-order valence-corrected chi connectivity index (χ3v) is 1.90. The highest BCUT2D eigenvalue weighted by Crippen LogP contribution is 2.07. The first-order valence-electron chi connectivity index (χ1n) is 4.54. The van der Waals surface area contributed by atoms with Crippen LogP contribution in [0.15, 0.2) is 24.7 Å². The molecule has 0 spiro atoms. The molecule has 0 radical (unpaired) electrons. The summed E-state index contributed by atoms with van der Waals surface area (Å²) in [7, 11) is 1.76. The number of nitrogens with zero attached hydrogens (tertiary/aromatic N) is 4. The normalized spacial score (nSPS) is 10.1. The number of amides is 1. The number of hydrogen-bond acceptors (Lipinski definition) is 5. The molecular formula is C9H10N6O. The van der Waals surface area contributed by atoms with E-state index in [1.807, 2.05) is 0 Å². The van der Waals surface area contributed by atoms with Crippen LogP contribution in [0.5, 0.6) is 0 Å². The molecule has 2 heterocycles. The van der Waals surface area contributed by atoms with Crippen LogP contribution >= 0.6 is 0 Å². The van der Waals surface area contributed by atoms with Gasteiger partial charge < -0.3 is 11.1 Å². The molecule has 7 heteroatoms. The Bertz CT molecular complexity index is 520. The van der Waals surface area contributed by atoms with Gasteiger partial charge in [0.25, 0.3) is 5.91 Å². The monoisotopic (exact) mass is 218 g/mol. The highest BCUT2D eigenvalue weighted by atomic mass is 16.2. The van der Waals surface area contributed by atoms with Gasteiger partial charge in [-0.25, -0.2) is 9.97 Å². The molecule has 0 unspecified atom stereocenters. The highest BCUT2D eigenvalue weighted by Gasteiger charge is 2.12. The van der Waals surface area contributed by atoms with Gasteiger partial charge in [0.2, 0.25) is 0 Å². The first kappa shape index (κ1) is 10.1. The van der Waals surface area contributed by atoms with E-state index < -0.39 is 5.91 Å². The zero-order valence-electron chi connectivity index (χ0n) is 8.58. The average molecular weight is 218 g/mol. The van der Waals surface area contributed by atoms with E-state index in [1.54, 1.807) is 24.0 Å². The molecule has 2 aromatic rings. The minimum Gasteiger partial charge on any atom is -0.382 e. The number of nitrogens with one attached hydrogen (secondary N) is 1. The fraction of sp³-hybridized carbons (Fsp3) is 0.111. The Hall–Kier alpha value is -2.44. The average Bonchev–Trinajstić information content (AvgIpc) is 2.64. The largest absolute Gasteiger partial charge is 0.382 e. The Balaban J connectivity index is 2.18. The summed E-state index contributed by atoms with van der Waals surface area (Å²) in [4.78, 5) is 19.3. The second-order valence-corrected chi connectivity index (χ2v) is 3.12. The van der Waals surface area contributed by atoms with Gasteiger partial charge in [-0.3, -0.25) is 9.48 Å². The minimum atomic E-state index is -0.427. The van der Waals surface area contributed by atoms with Crippen molar-refractivity contribution < 1.29 is 4.79 Å². The molecule has 0 aliphatic carbocycles. The molecule has 0 saturated heterocycles. The van der Waals surface area contributed by atoms with Crippen LogP contribution in [0.4, 0.5) is 11.6 Å². The van der Waals surface area contributed by atoms with Gasteiger partial charge in [-0.05, 0) is 0 Å². The number of nitrogen functional groups attached to an aromatic ring is 1. The number of hydrogen-bond donors (Lipinski definition) is 2. The molecule has 16 heavy (non-hydrogen) atoms. The molecule has 2 aromatic heterocycles. The number of carbonyl (C=O) groups is 1. The van der Waals surface area contributed by atoms with Crippen LogP contribution in [0, 0.1) is 0 Å². The zero-order valence-corrected chi connectivity index (χ0v) is 8.58. The first-order valence-corrected chi connectivity index (χ1v) is 4.54. The smallest absolute Gasteiger partial charge is 0.279 e. The van der Waals surface area contributed by atoms with E-state index in [-0.39, 0.29) is 11.5 Å². The Labute approximate surface area is 91.3 Å². The van der Waals surface area contributed by atoms with Crippen molar-refractivity contribution in [2.75, 3.05) is 11.1 Å². The van der Waals surface area contributed by atoms with Crippen molar-refractivity contribution in [1.82, 2.24) is 19.7 Å². The van der Waals surface area contributed by atoms with Gasteiger partial charge in [-0.1, -0.05) is 0 Å². The maximum atomic E-state index is 11.7. The van der Waals surface area contributed by atoms with Crippen LogP contribution in [0.1, 0.15) is 10.5 Å². The van der Waals surface area contributed by atoms with E-state index in [4.69, 9.17) is 5.73 Å². The van der Waals surface area contributed by atoms with Gasteiger partial charge in [0, 0.05) is 31.7 Å². The summed E-state index contributed by atoms with van der Waals surface area (Å²) in [5.41, 5.74) is 5.61. The lowest BCUT2D eigenvalue weighted by Gasteiger charge is -2.02. The Kier molecular flexibility index (Phi) is 2.50. The number of aromatic nitrogens is 4. The highest BCUT2D eigenvalue weighted by molar-refractivity contribution is 6.05. The predicted molar refractivity (Wildman–Crippen MR) is 57.6 cm³/mol. The van der Waals surface area contributed by atoms with Crippen molar-refractivity contribution in [3.05, 3.63) is 30.4 Å². The lowest BCUT2D eigenvalue weighted by atomic mass is 10.4. The fourth-order valence-corrected chi connectivity index (χ4v) is 1.18. The van der Waals surface area contributed by atoms with Gasteiger partial charge in [0.1, 0.15) is 0 Å². The Morgan fingerprint density at radius 3 is 2.81 bits per heavy atom. The molecule has 0 aliphatic heterocycles. The zero-order chi connectivity index (χ0) is 11.5. The van der Waals surface area contributed by atoms with E-state index in [9.17, 15) is 4.79 Å². The van der Waals surface area contributed by atoms with Crippen molar-refractivity contribution in [2.24, 2.45) is 7.05 Å². The molecule has 82 valence electrons. The van der Waals surface area contributed by atoms with Gasteiger partial charge in [-0.15, -0.1) is 0 Å². The standard InChI is InChI=1S/C9H10N6O/c1-15-5-2-6(14-15)13-9(16)7-8(10)12-4-3-11-7/h2-5H,1H3,(H2,10,12)(H,13,14,16). The molecule has 3 N–H and O–H groups in total. The minimum absolute atomic E-state index is 0.0909. The van der Waals surface area contributed by atoms with Gasteiger partial charge in [-0.2, -0.15) is 5.10 Å². The van der Waals surface area contributed by atoms with E-state index in [1.165, 1.54) is 12.4 Å². The summed E-state index contributed by atoms with van der Waals surface area (Å²) in [6.45, 7) is 0. The summed E-state index contributed by atoms with van der Waals surface area (Å²) in [5, 5.41) is 6.57. The van der Waals surface area contributed by atoms with Crippen LogP contribution in [0.25, 0.3) is 0 Å². The van der Waals surface area contributed by atoms with E-state index >= 15 is 0 Å². The van der Waals surface area contributed by atoms with Crippen LogP contribution in [-0.2, 0) is 7.05 Å². The number of anilines is 2. The number of carbonyl (C=O) groups excluding carboxylic acids is 1. The van der Waals surface area contributed by atoms with Crippen LogP contribution < -0.4 is 11.1 Å². The topological polar surface area (TPSA) is 98.7 Å². The van der Waals surface area contributed by atoms with E-state index in [0.29, 0.717) is 5.82 Å². The molecule has 7 nitrogen and oxygen atoms in total. The Morgan fingerprint density at radius 2 is 2.19 bits per heavy atom. The van der Waals surface area contributed by atoms with E-state index in [0.717, 1.165) is 0 Å². The quantitative estimate of drug-likeness (QED) is 0.741. The molecule has 0 aromatic carbocycles. The molecule has 2 rings (SSSR count). The number of aryl methyl sites for hydroxylation is 1. The SMILES string of the molecule is Cn1ccc(NC(=O)c2nccnc2N)n1.